The zero-order valence-electron chi connectivity index (χ0n) is 13.9. The van der Waals surface area contributed by atoms with Crippen molar-refractivity contribution in [2.24, 2.45) is 5.73 Å². The molecule has 21 heavy (non-hydrogen) atoms. The van der Waals surface area contributed by atoms with Crippen molar-refractivity contribution < 1.29 is 4.74 Å². The highest BCUT2D eigenvalue weighted by molar-refractivity contribution is 5.30. The fourth-order valence-electron chi connectivity index (χ4n) is 2.67. The van der Waals surface area contributed by atoms with Gasteiger partial charge in [0, 0.05) is 6.04 Å². The molecule has 0 saturated carbocycles. The number of ether oxygens (including phenoxy) is 1. The molecule has 0 heterocycles. The van der Waals surface area contributed by atoms with E-state index < -0.39 is 0 Å². The second-order valence-corrected chi connectivity index (χ2v) is 5.88. The molecule has 1 aromatic carbocycles. The Bertz CT molecular complexity index is 364. The van der Waals surface area contributed by atoms with Crippen molar-refractivity contribution in [3.63, 3.8) is 0 Å². The van der Waals surface area contributed by atoms with Crippen LogP contribution in [0.2, 0.25) is 0 Å². The summed E-state index contributed by atoms with van der Waals surface area (Å²) in [6.07, 6.45) is 11.9. The van der Waals surface area contributed by atoms with Crippen LogP contribution in [0.25, 0.3) is 0 Å². The van der Waals surface area contributed by atoms with E-state index in [1.54, 1.807) is 0 Å². The Hall–Kier alpha value is -1.02. The third-order valence-electron chi connectivity index (χ3n) is 3.97. The van der Waals surface area contributed by atoms with Gasteiger partial charge >= 0.3 is 0 Å². The molecular formula is C19H33NO. The van der Waals surface area contributed by atoms with Gasteiger partial charge in [-0.05, 0) is 31.0 Å². The standard InChI is InChI=1S/C19H33NO/c1-3-5-6-7-8-9-10-11-15-19(20)17-13-12-14-18(16-17)21-4-2/h12-14,16,19H,3-11,15,20H2,1-2H3. The summed E-state index contributed by atoms with van der Waals surface area (Å²) in [6, 6.07) is 8.37. The Morgan fingerprint density at radius 2 is 1.62 bits per heavy atom. The smallest absolute Gasteiger partial charge is 0.119 e. The van der Waals surface area contributed by atoms with E-state index in [1.165, 1.54) is 56.9 Å². The van der Waals surface area contributed by atoms with Crippen LogP contribution in [0.3, 0.4) is 0 Å². The Kier molecular flexibility index (Phi) is 9.98. The molecule has 2 heteroatoms. The number of hydrogen-bond donors (Lipinski definition) is 1. The minimum atomic E-state index is 0.144. The molecule has 0 bridgehead atoms. The van der Waals surface area contributed by atoms with Gasteiger partial charge in [0.1, 0.15) is 5.75 Å². The molecule has 0 aliphatic rings. The highest BCUT2D eigenvalue weighted by atomic mass is 16.5. The summed E-state index contributed by atoms with van der Waals surface area (Å²) in [5.41, 5.74) is 7.48. The Balaban J connectivity index is 2.15. The maximum atomic E-state index is 6.28. The lowest BCUT2D eigenvalue weighted by Gasteiger charge is -2.13. The van der Waals surface area contributed by atoms with E-state index in [1.807, 2.05) is 19.1 Å². The van der Waals surface area contributed by atoms with E-state index in [0.29, 0.717) is 6.61 Å². The van der Waals surface area contributed by atoms with Crippen LogP contribution in [-0.2, 0) is 0 Å². The first-order valence-corrected chi connectivity index (χ1v) is 8.76. The molecule has 2 N–H and O–H groups in total. The Morgan fingerprint density at radius 1 is 0.952 bits per heavy atom. The highest BCUT2D eigenvalue weighted by Gasteiger charge is 2.06. The van der Waals surface area contributed by atoms with Crippen molar-refractivity contribution >= 4 is 0 Å². The third-order valence-corrected chi connectivity index (χ3v) is 3.97. The van der Waals surface area contributed by atoms with Crippen molar-refractivity contribution in [2.45, 2.75) is 77.7 Å². The largest absolute Gasteiger partial charge is 0.494 e. The summed E-state index contributed by atoms with van der Waals surface area (Å²) in [5.74, 6) is 0.932. The molecular weight excluding hydrogens is 258 g/mol. The van der Waals surface area contributed by atoms with Gasteiger partial charge < -0.3 is 10.5 Å². The fourth-order valence-corrected chi connectivity index (χ4v) is 2.67. The predicted octanol–water partition coefficient (Wildman–Crippen LogP) is 5.62. The van der Waals surface area contributed by atoms with Gasteiger partial charge in [0.2, 0.25) is 0 Å². The lowest BCUT2D eigenvalue weighted by Crippen LogP contribution is -2.10. The average Bonchev–Trinajstić information content (AvgIpc) is 2.50. The maximum Gasteiger partial charge on any atom is 0.119 e. The van der Waals surface area contributed by atoms with Gasteiger partial charge in [-0.25, -0.2) is 0 Å². The topological polar surface area (TPSA) is 35.2 Å². The fraction of sp³-hybridized carbons (Fsp3) is 0.684. The van der Waals surface area contributed by atoms with Gasteiger partial charge in [-0.15, -0.1) is 0 Å². The first-order chi connectivity index (χ1) is 10.3. The first kappa shape index (κ1) is 18.0. The Labute approximate surface area is 131 Å². The number of rotatable bonds is 12. The highest BCUT2D eigenvalue weighted by Crippen LogP contribution is 2.22. The zero-order chi connectivity index (χ0) is 15.3. The summed E-state index contributed by atoms with van der Waals surface area (Å²) in [4.78, 5) is 0. The van der Waals surface area contributed by atoms with Crippen LogP contribution in [-0.4, -0.2) is 6.61 Å². The second-order valence-electron chi connectivity index (χ2n) is 5.88. The molecule has 0 aliphatic heterocycles. The molecule has 0 aromatic heterocycles. The third kappa shape index (κ3) is 8.11. The van der Waals surface area contributed by atoms with Gasteiger partial charge in [-0.2, -0.15) is 0 Å². The van der Waals surface area contributed by atoms with Crippen molar-refractivity contribution in [2.75, 3.05) is 6.61 Å². The number of hydrogen-bond acceptors (Lipinski definition) is 2. The minimum Gasteiger partial charge on any atom is -0.494 e. The normalized spacial score (nSPS) is 12.3. The summed E-state index contributed by atoms with van der Waals surface area (Å²) in [6.45, 7) is 4.98. The molecule has 1 atom stereocenters. The SMILES string of the molecule is CCCCCCCCCCC(N)c1cccc(OCC)c1. The van der Waals surface area contributed by atoms with Gasteiger partial charge in [0.15, 0.2) is 0 Å². The molecule has 1 rings (SSSR count). The van der Waals surface area contributed by atoms with E-state index in [9.17, 15) is 0 Å². The van der Waals surface area contributed by atoms with E-state index in [-0.39, 0.29) is 6.04 Å². The van der Waals surface area contributed by atoms with Gasteiger partial charge in [0.05, 0.1) is 6.61 Å². The lowest BCUT2D eigenvalue weighted by atomic mass is 10.00. The van der Waals surface area contributed by atoms with Crippen LogP contribution in [0.15, 0.2) is 24.3 Å². The summed E-state index contributed by atoms with van der Waals surface area (Å²) in [5, 5.41) is 0. The summed E-state index contributed by atoms with van der Waals surface area (Å²) >= 11 is 0. The minimum absolute atomic E-state index is 0.144. The van der Waals surface area contributed by atoms with Crippen LogP contribution in [0.4, 0.5) is 0 Å². The van der Waals surface area contributed by atoms with Gasteiger partial charge in [-0.1, -0.05) is 70.4 Å². The molecule has 0 spiro atoms. The van der Waals surface area contributed by atoms with E-state index in [4.69, 9.17) is 10.5 Å². The maximum absolute atomic E-state index is 6.28. The summed E-state index contributed by atoms with van der Waals surface area (Å²) in [7, 11) is 0. The molecule has 120 valence electrons. The van der Waals surface area contributed by atoms with E-state index in [2.05, 4.69) is 19.1 Å². The molecule has 0 aliphatic carbocycles. The molecule has 1 unspecified atom stereocenters. The number of benzene rings is 1. The van der Waals surface area contributed by atoms with Crippen molar-refractivity contribution in [1.82, 2.24) is 0 Å². The van der Waals surface area contributed by atoms with Crippen LogP contribution in [0, 0.1) is 0 Å². The number of unbranched alkanes of at least 4 members (excludes halogenated alkanes) is 7. The second kappa shape index (κ2) is 11.6. The lowest BCUT2D eigenvalue weighted by molar-refractivity contribution is 0.339. The number of nitrogens with two attached hydrogens (primary N) is 1. The van der Waals surface area contributed by atoms with Crippen LogP contribution in [0.5, 0.6) is 5.75 Å². The molecule has 0 fully saturated rings. The summed E-state index contributed by atoms with van der Waals surface area (Å²) < 4.78 is 5.53. The Morgan fingerprint density at radius 3 is 2.29 bits per heavy atom. The monoisotopic (exact) mass is 291 g/mol. The molecule has 0 amide bonds. The molecule has 0 saturated heterocycles. The van der Waals surface area contributed by atoms with Gasteiger partial charge in [-0.3, -0.25) is 0 Å². The van der Waals surface area contributed by atoms with E-state index >= 15 is 0 Å². The van der Waals surface area contributed by atoms with Crippen molar-refractivity contribution in [1.29, 1.82) is 0 Å². The quantitative estimate of drug-likeness (QED) is 0.507. The molecule has 0 radical (unpaired) electrons. The van der Waals surface area contributed by atoms with E-state index in [0.717, 1.165) is 12.2 Å². The first-order valence-electron chi connectivity index (χ1n) is 8.76. The van der Waals surface area contributed by atoms with Gasteiger partial charge in [0.25, 0.3) is 0 Å². The zero-order valence-corrected chi connectivity index (χ0v) is 13.9. The average molecular weight is 291 g/mol. The van der Waals surface area contributed by atoms with Crippen LogP contribution < -0.4 is 10.5 Å². The predicted molar refractivity (Wildman–Crippen MR) is 91.8 cm³/mol. The molecule has 2 nitrogen and oxygen atoms in total. The molecule has 1 aromatic rings. The van der Waals surface area contributed by atoms with Crippen molar-refractivity contribution in [3.8, 4) is 5.75 Å². The van der Waals surface area contributed by atoms with Crippen LogP contribution >= 0.6 is 0 Å². The van der Waals surface area contributed by atoms with Crippen LogP contribution in [0.1, 0.15) is 83.2 Å². The van der Waals surface area contributed by atoms with Crippen molar-refractivity contribution in [3.05, 3.63) is 29.8 Å².